The molecule has 1 aromatic heterocycles. The van der Waals surface area contributed by atoms with Crippen molar-refractivity contribution in [2.24, 2.45) is 5.73 Å². The largest absolute Gasteiger partial charge is 0.354 e. The molecule has 0 aliphatic heterocycles. The predicted molar refractivity (Wildman–Crippen MR) is 71.2 cm³/mol. The minimum Gasteiger partial charge on any atom is -0.354 e. The number of rotatable bonds is 5. The van der Waals surface area contributed by atoms with Gasteiger partial charge in [-0.3, -0.25) is 9.59 Å². The Labute approximate surface area is 107 Å². The van der Waals surface area contributed by atoms with Gasteiger partial charge >= 0.3 is 0 Å². The highest BCUT2D eigenvalue weighted by molar-refractivity contribution is 5.76. The van der Waals surface area contributed by atoms with Crippen LogP contribution in [0.15, 0.2) is 16.9 Å². The van der Waals surface area contributed by atoms with Gasteiger partial charge in [-0.2, -0.15) is 0 Å². The van der Waals surface area contributed by atoms with Crippen LogP contribution in [-0.2, 0) is 17.9 Å². The van der Waals surface area contributed by atoms with Crippen LogP contribution in [0.3, 0.4) is 0 Å². The number of carbonyl (C=O) groups is 1. The molecule has 0 aliphatic carbocycles. The Kier molecular flexibility index (Phi) is 5.09. The van der Waals surface area contributed by atoms with Gasteiger partial charge in [-0.05, 0) is 26.8 Å². The number of carbonyl (C=O) groups excluding carboxylic acids is 1. The van der Waals surface area contributed by atoms with Crippen LogP contribution in [0.1, 0.15) is 31.5 Å². The molecular weight excluding hydrogens is 230 g/mol. The second-order valence-electron chi connectivity index (χ2n) is 4.63. The van der Waals surface area contributed by atoms with E-state index in [9.17, 15) is 9.59 Å². The number of aromatic nitrogens is 1. The standard InChI is InChI=1S/C13H21N3O2/c1-9(2)15-12(17)6-7-16-10(3)4-5-11(8-14)13(16)18/h4-5,9H,6-8,14H2,1-3H3,(H,15,17). The molecule has 1 heterocycles. The summed E-state index contributed by atoms with van der Waals surface area (Å²) in [7, 11) is 0. The highest BCUT2D eigenvalue weighted by atomic mass is 16.2. The lowest BCUT2D eigenvalue weighted by Crippen LogP contribution is -2.33. The van der Waals surface area contributed by atoms with Crippen molar-refractivity contribution >= 4 is 5.91 Å². The van der Waals surface area contributed by atoms with Crippen molar-refractivity contribution in [2.45, 2.75) is 46.3 Å². The quantitative estimate of drug-likeness (QED) is 0.801. The Morgan fingerprint density at radius 1 is 1.44 bits per heavy atom. The minimum absolute atomic E-state index is 0.0468. The first kappa shape index (κ1) is 14.4. The maximum atomic E-state index is 12.0. The van der Waals surface area contributed by atoms with E-state index in [1.807, 2.05) is 26.8 Å². The van der Waals surface area contributed by atoms with Crippen LogP contribution in [0.5, 0.6) is 0 Å². The Morgan fingerprint density at radius 3 is 2.67 bits per heavy atom. The number of hydrogen-bond acceptors (Lipinski definition) is 3. The lowest BCUT2D eigenvalue weighted by molar-refractivity contribution is -0.121. The number of nitrogens with zero attached hydrogens (tertiary/aromatic N) is 1. The fourth-order valence-electron chi connectivity index (χ4n) is 1.76. The summed E-state index contributed by atoms with van der Waals surface area (Å²) in [5, 5.41) is 2.80. The third-order valence-corrected chi connectivity index (χ3v) is 2.70. The second kappa shape index (κ2) is 6.35. The van der Waals surface area contributed by atoms with Crippen molar-refractivity contribution in [3.63, 3.8) is 0 Å². The van der Waals surface area contributed by atoms with Crippen molar-refractivity contribution in [1.82, 2.24) is 9.88 Å². The normalized spacial score (nSPS) is 10.7. The summed E-state index contributed by atoms with van der Waals surface area (Å²) in [6.07, 6.45) is 0.299. The van der Waals surface area contributed by atoms with E-state index in [2.05, 4.69) is 5.32 Å². The van der Waals surface area contributed by atoms with Crippen molar-refractivity contribution in [1.29, 1.82) is 0 Å². The van der Waals surface area contributed by atoms with Gasteiger partial charge in [0.25, 0.3) is 5.56 Å². The molecule has 0 fully saturated rings. The van der Waals surface area contributed by atoms with Gasteiger partial charge in [0, 0.05) is 36.8 Å². The van der Waals surface area contributed by atoms with E-state index in [1.165, 1.54) is 0 Å². The van der Waals surface area contributed by atoms with Crippen LogP contribution in [0, 0.1) is 6.92 Å². The van der Waals surface area contributed by atoms with Crippen molar-refractivity contribution in [2.75, 3.05) is 0 Å². The molecule has 1 amide bonds. The third kappa shape index (κ3) is 3.70. The summed E-state index contributed by atoms with van der Waals surface area (Å²) in [4.78, 5) is 23.6. The lowest BCUT2D eigenvalue weighted by Gasteiger charge is -2.12. The summed E-state index contributed by atoms with van der Waals surface area (Å²) in [5.74, 6) is -0.0468. The fourth-order valence-corrected chi connectivity index (χ4v) is 1.76. The Hall–Kier alpha value is -1.62. The van der Waals surface area contributed by atoms with Gasteiger partial charge in [0.1, 0.15) is 0 Å². The van der Waals surface area contributed by atoms with Gasteiger partial charge in [-0.1, -0.05) is 6.07 Å². The molecule has 3 N–H and O–H groups in total. The van der Waals surface area contributed by atoms with Crippen LogP contribution in [0.25, 0.3) is 0 Å². The average Bonchev–Trinajstić information content (AvgIpc) is 2.28. The van der Waals surface area contributed by atoms with Crippen molar-refractivity contribution in [3.05, 3.63) is 33.7 Å². The smallest absolute Gasteiger partial charge is 0.255 e. The number of amides is 1. The molecule has 0 saturated heterocycles. The van der Waals surface area contributed by atoms with Crippen LogP contribution in [0.4, 0.5) is 0 Å². The summed E-state index contributed by atoms with van der Waals surface area (Å²) in [5.41, 5.74) is 6.81. The number of nitrogens with one attached hydrogen (secondary N) is 1. The molecule has 0 radical (unpaired) electrons. The van der Waals surface area contributed by atoms with E-state index in [4.69, 9.17) is 5.73 Å². The average molecular weight is 251 g/mol. The first-order valence-corrected chi connectivity index (χ1v) is 6.14. The van der Waals surface area contributed by atoms with Gasteiger partial charge in [0.2, 0.25) is 5.91 Å². The van der Waals surface area contributed by atoms with Crippen LogP contribution >= 0.6 is 0 Å². The lowest BCUT2D eigenvalue weighted by atomic mass is 10.2. The highest BCUT2D eigenvalue weighted by Crippen LogP contribution is 1.99. The van der Waals surface area contributed by atoms with E-state index < -0.39 is 0 Å². The van der Waals surface area contributed by atoms with Gasteiger partial charge in [-0.25, -0.2) is 0 Å². The molecule has 0 bridgehead atoms. The summed E-state index contributed by atoms with van der Waals surface area (Å²) in [6.45, 7) is 6.27. The van der Waals surface area contributed by atoms with Gasteiger partial charge in [0.05, 0.1) is 0 Å². The molecule has 1 aromatic rings. The molecule has 100 valence electrons. The Morgan fingerprint density at radius 2 is 2.11 bits per heavy atom. The molecule has 5 heteroatoms. The molecule has 0 saturated carbocycles. The van der Waals surface area contributed by atoms with E-state index in [1.54, 1.807) is 10.6 Å². The fraction of sp³-hybridized carbons (Fsp3) is 0.538. The van der Waals surface area contributed by atoms with E-state index in [0.717, 1.165) is 5.69 Å². The van der Waals surface area contributed by atoms with E-state index in [-0.39, 0.29) is 24.1 Å². The Bertz CT molecular complexity index is 478. The summed E-state index contributed by atoms with van der Waals surface area (Å²) < 4.78 is 1.60. The zero-order valence-corrected chi connectivity index (χ0v) is 11.2. The zero-order chi connectivity index (χ0) is 13.7. The summed E-state index contributed by atoms with van der Waals surface area (Å²) >= 11 is 0. The first-order chi connectivity index (χ1) is 8.45. The molecule has 18 heavy (non-hydrogen) atoms. The molecule has 0 spiro atoms. The molecule has 0 aromatic carbocycles. The van der Waals surface area contributed by atoms with Crippen LogP contribution in [0.2, 0.25) is 0 Å². The monoisotopic (exact) mass is 251 g/mol. The van der Waals surface area contributed by atoms with Crippen LogP contribution in [-0.4, -0.2) is 16.5 Å². The number of aryl methyl sites for hydroxylation is 1. The topological polar surface area (TPSA) is 77.1 Å². The van der Waals surface area contributed by atoms with Gasteiger partial charge in [-0.15, -0.1) is 0 Å². The molecule has 0 atom stereocenters. The number of hydrogen-bond donors (Lipinski definition) is 2. The summed E-state index contributed by atoms with van der Waals surface area (Å²) in [6, 6.07) is 3.71. The number of pyridine rings is 1. The number of nitrogens with two attached hydrogens (primary N) is 1. The van der Waals surface area contributed by atoms with Gasteiger partial charge in [0.15, 0.2) is 0 Å². The minimum atomic E-state index is -0.102. The second-order valence-corrected chi connectivity index (χ2v) is 4.63. The van der Waals surface area contributed by atoms with E-state index in [0.29, 0.717) is 18.5 Å². The van der Waals surface area contributed by atoms with Crippen LogP contribution < -0.4 is 16.6 Å². The predicted octanol–water partition coefficient (Wildman–Crippen LogP) is 0.530. The SMILES string of the molecule is Cc1ccc(CN)c(=O)n1CCC(=O)NC(C)C. The van der Waals surface area contributed by atoms with Crippen molar-refractivity contribution < 1.29 is 4.79 Å². The zero-order valence-electron chi connectivity index (χ0n) is 11.2. The molecule has 5 nitrogen and oxygen atoms in total. The molecule has 0 aliphatic rings. The molecule has 1 rings (SSSR count). The van der Waals surface area contributed by atoms with Gasteiger partial charge < -0.3 is 15.6 Å². The highest BCUT2D eigenvalue weighted by Gasteiger charge is 2.08. The first-order valence-electron chi connectivity index (χ1n) is 6.14. The maximum Gasteiger partial charge on any atom is 0.255 e. The maximum absolute atomic E-state index is 12.0. The van der Waals surface area contributed by atoms with Crippen molar-refractivity contribution in [3.8, 4) is 0 Å². The third-order valence-electron chi connectivity index (χ3n) is 2.70. The molecular formula is C13H21N3O2. The molecule has 0 unspecified atom stereocenters. The van der Waals surface area contributed by atoms with E-state index >= 15 is 0 Å². The Balaban J connectivity index is 2.79.